The fourth-order valence-electron chi connectivity index (χ4n) is 5.20. The average Bonchev–Trinajstić information content (AvgIpc) is 3.53. The van der Waals surface area contributed by atoms with Gasteiger partial charge in [-0.25, -0.2) is 4.98 Å². The summed E-state index contributed by atoms with van der Waals surface area (Å²) in [6.45, 7) is 5.28. The van der Waals surface area contributed by atoms with E-state index in [0.29, 0.717) is 38.1 Å². The molecule has 0 spiro atoms. The Morgan fingerprint density at radius 1 is 1.19 bits per heavy atom. The minimum atomic E-state index is -4.54. The first-order chi connectivity index (χ1) is 15.3. The molecule has 3 aliphatic rings. The van der Waals surface area contributed by atoms with Crippen LogP contribution in [0.1, 0.15) is 51.0 Å². The summed E-state index contributed by atoms with van der Waals surface area (Å²) in [6, 6.07) is 1.50. The summed E-state index contributed by atoms with van der Waals surface area (Å²) in [7, 11) is 0. The largest absolute Gasteiger partial charge is 0.421 e. The molecule has 1 saturated heterocycles. The monoisotopic (exact) mass is 472 g/mol. The van der Waals surface area contributed by atoms with Gasteiger partial charge in [-0.15, -0.1) is 0 Å². The van der Waals surface area contributed by atoms with E-state index in [1.165, 1.54) is 31.5 Å². The molecule has 2 saturated carbocycles. The molecule has 0 radical (unpaired) electrons. The molecule has 1 aromatic heterocycles. The second-order valence-corrected chi connectivity index (χ2v) is 9.92. The maximum absolute atomic E-state index is 13.4. The minimum absolute atomic E-state index is 0.0864. The van der Waals surface area contributed by atoms with Gasteiger partial charge >= 0.3 is 6.18 Å². The second kappa shape index (κ2) is 9.75. The molecule has 1 aromatic rings. The lowest BCUT2D eigenvalue weighted by molar-refractivity contribution is -0.137. The van der Waals surface area contributed by atoms with Gasteiger partial charge in [0.2, 0.25) is 5.91 Å². The van der Waals surface area contributed by atoms with Crippen molar-refractivity contribution in [3.05, 3.63) is 22.8 Å². The maximum atomic E-state index is 13.4. The van der Waals surface area contributed by atoms with Gasteiger partial charge in [0.25, 0.3) is 0 Å². The number of carbonyl (C=O) groups excluding carboxylic acids is 1. The number of piperazine rings is 1. The van der Waals surface area contributed by atoms with Crippen molar-refractivity contribution in [2.24, 2.45) is 17.8 Å². The van der Waals surface area contributed by atoms with Crippen molar-refractivity contribution in [1.29, 1.82) is 0 Å². The van der Waals surface area contributed by atoms with Crippen molar-refractivity contribution in [1.82, 2.24) is 15.2 Å². The maximum Gasteiger partial charge on any atom is 0.421 e. The number of carbonyl (C=O) groups is 1. The lowest BCUT2D eigenvalue weighted by atomic mass is 9.84. The molecule has 3 fully saturated rings. The molecule has 0 bridgehead atoms. The molecule has 1 amide bonds. The number of hydrogen-bond acceptors (Lipinski definition) is 4. The van der Waals surface area contributed by atoms with Crippen LogP contribution in [0.4, 0.5) is 19.0 Å². The molecule has 0 aromatic carbocycles. The molecule has 1 N–H and O–H groups in total. The normalized spacial score (nSPS) is 29.1. The SMILES string of the molecule is CCC1CCC(NC(=O)[C@@H]2C[C@H]2CN2CCN(c3nccc(Cl)c3C(F)(F)F)CC2)CC1. The Hall–Kier alpha value is -1.54. The highest BCUT2D eigenvalue weighted by Gasteiger charge is 2.45. The van der Waals surface area contributed by atoms with E-state index < -0.39 is 11.7 Å². The van der Waals surface area contributed by atoms with E-state index in [9.17, 15) is 18.0 Å². The van der Waals surface area contributed by atoms with Gasteiger partial charge in [-0.05, 0) is 50.0 Å². The minimum Gasteiger partial charge on any atom is -0.354 e. The number of halogens is 4. The number of amides is 1. The number of rotatable bonds is 6. The average molecular weight is 473 g/mol. The van der Waals surface area contributed by atoms with Gasteiger partial charge in [-0.1, -0.05) is 24.9 Å². The first-order valence-electron chi connectivity index (χ1n) is 11.8. The zero-order chi connectivity index (χ0) is 22.9. The van der Waals surface area contributed by atoms with Gasteiger partial charge in [-0.2, -0.15) is 13.2 Å². The fraction of sp³-hybridized carbons (Fsp3) is 0.739. The zero-order valence-electron chi connectivity index (χ0n) is 18.5. The van der Waals surface area contributed by atoms with Crippen molar-refractivity contribution in [2.45, 2.75) is 57.7 Å². The van der Waals surface area contributed by atoms with E-state index in [4.69, 9.17) is 11.6 Å². The van der Waals surface area contributed by atoms with E-state index in [-0.39, 0.29) is 22.7 Å². The summed E-state index contributed by atoms with van der Waals surface area (Å²) >= 11 is 5.83. The van der Waals surface area contributed by atoms with Crippen LogP contribution in [0.3, 0.4) is 0 Å². The highest BCUT2D eigenvalue weighted by atomic mass is 35.5. The van der Waals surface area contributed by atoms with E-state index >= 15 is 0 Å². The Labute approximate surface area is 192 Å². The Balaban J connectivity index is 1.23. The predicted molar refractivity (Wildman–Crippen MR) is 119 cm³/mol. The van der Waals surface area contributed by atoms with Crippen LogP contribution in [-0.2, 0) is 11.0 Å². The molecule has 2 atom stereocenters. The van der Waals surface area contributed by atoms with Gasteiger partial charge in [0.15, 0.2) is 0 Å². The Morgan fingerprint density at radius 2 is 1.88 bits per heavy atom. The van der Waals surface area contributed by atoms with Crippen LogP contribution in [-0.4, -0.2) is 54.6 Å². The third-order valence-corrected chi connectivity index (χ3v) is 7.67. The van der Waals surface area contributed by atoms with E-state index in [1.54, 1.807) is 4.90 Å². The van der Waals surface area contributed by atoms with Gasteiger partial charge < -0.3 is 10.2 Å². The number of nitrogens with one attached hydrogen (secondary N) is 1. The van der Waals surface area contributed by atoms with Crippen LogP contribution in [0.25, 0.3) is 0 Å². The fourth-order valence-corrected chi connectivity index (χ4v) is 5.45. The van der Waals surface area contributed by atoms with Crippen molar-refractivity contribution >= 4 is 23.3 Å². The number of aromatic nitrogens is 1. The topological polar surface area (TPSA) is 48.5 Å². The molecule has 32 heavy (non-hydrogen) atoms. The van der Waals surface area contributed by atoms with Gasteiger partial charge in [0, 0.05) is 50.9 Å². The van der Waals surface area contributed by atoms with Crippen LogP contribution in [0.2, 0.25) is 5.02 Å². The number of alkyl halides is 3. The molecular weight excluding hydrogens is 441 g/mol. The Morgan fingerprint density at radius 3 is 2.50 bits per heavy atom. The second-order valence-electron chi connectivity index (χ2n) is 9.51. The molecule has 1 aliphatic heterocycles. The lowest BCUT2D eigenvalue weighted by Gasteiger charge is -2.36. The van der Waals surface area contributed by atoms with Crippen LogP contribution in [0.5, 0.6) is 0 Å². The number of hydrogen-bond donors (Lipinski definition) is 1. The summed E-state index contributed by atoms with van der Waals surface area (Å²) in [4.78, 5) is 20.5. The Bertz CT molecular complexity index is 805. The third-order valence-electron chi connectivity index (χ3n) is 7.36. The van der Waals surface area contributed by atoms with E-state index in [1.807, 2.05) is 0 Å². The van der Waals surface area contributed by atoms with Crippen LogP contribution in [0, 0.1) is 17.8 Å². The molecule has 9 heteroatoms. The van der Waals surface area contributed by atoms with Crippen LogP contribution >= 0.6 is 11.6 Å². The van der Waals surface area contributed by atoms with Crippen molar-refractivity contribution in [3.63, 3.8) is 0 Å². The number of nitrogens with zero attached hydrogens (tertiary/aromatic N) is 3. The van der Waals surface area contributed by atoms with Crippen molar-refractivity contribution in [3.8, 4) is 0 Å². The summed E-state index contributed by atoms with van der Waals surface area (Å²) in [5, 5.41) is 2.93. The van der Waals surface area contributed by atoms with Crippen molar-refractivity contribution < 1.29 is 18.0 Å². The standard InChI is InChI=1S/C23H32ClF3N4O/c1-2-15-3-5-17(6-4-15)29-22(32)18-13-16(18)14-30-9-11-31(12-10-30)21-20(23(25,26)27)19(24)7-8-28-21/h7-8,15-18H,2-6,9-14H2,1H3,(H,29,32)/t15?,16-,17?,18+/m0/s1. The summed E-state index contributed by atoms with van der Waals surface area (Å²) < 4.78 is 40.3. The van der Waals surface area contributed by atoms with Gasteiger partial charge in [-0.3, -0.25) is 9.69 Å². The quantitative estimate of drug-likeness (QED) is 0.657. The predicted octanol–water partition coefficient (Wildman–Crippen LogP) is 4.60. The summed E-state index contributed by atoms with van der Waals surface area (Å²) in [5.74, 6) is 1.34. The molecule has 178 valence electrons. The molecular formula is C23H32ClF3N4O. The summed E-state index contributed by atoms with van der Waals surface area (Å²) in [5.41, 5.74) is -0.859. The van der Waals surface area contributed by atoms with Gasteiger partial charge in [0.1, 0.15) is 11.4 Å². The molecule has 4 rings (SSSR count). The van der Waals surface area contributed by atoms with E-state index in [0.717, 1.165) is 31.7 Å². The molecule has 2 heterocycles. The summed E-state index contributed by atoms with van der Waals surface area (Å²) in [6.07, 6.45) is 3.49. The zero-order valence-corrected chi connectivity index (χ0v) is 19.3. The first-order valence-corrected chi connectivity index (χ1v) is 12.1. The molecule has 5 nitrogen and oxygen atoms in total. The highest BCUT2D eigenvalue weighted by Crippen LogP contribution is 2.42. The van der Waals surface area contributed by atoms with Crippen LogP contribution < -0.4 is 10.2 Å². The Kier molecular flexibility index (Phi) is 7.20. The number of anilines is 1. The molecule has 0 unspecified atom stereocenters. The third kappa shape index (κ3) is 5.50. The first kappa shape index (κ1) is 23.6. The van der Waals surface area contributed by atoms with Crippen molar-refractivity contribution in [2.75, 3.05) is 37.6 Å². The smallest absolute Gasteiger partial charge is 0.354 e. The number of pyridine rings is 1. The van der Waals surface area contributed by atoms with Crippen LogP contribution in [0.15, 0.2) is 12.3 Å². The van der Waals surface area contributed by atoms with E-state index in [2.05, 4.69) is 22.1 Å². The van der Waals surface area contributed by atoms with Gasteiger partial charge in [0.05, 0.1) is 5.02 Å². The lowest BCUT2D eigenvalue weighted by Crippen LogP contribution is -2.48. The molecule has 2 aliphatic carbocycles. The highest BCUT2D eigenvalue weighted by molar-refractivity contribution is 6.31.